The molecule has 2 unspecified atom stereocenters. The minimum atomic E-state index is -0.455. The van der Waals surface area contributed by atoms with Crippen LogP contribution in [-0.4, -0.2) is 71.5 Å². The highest BCUT2D eigenvalue weighted by Gasteiger charge is 2.49. The zero-order valence-corrected chi connectivity index (χ0v) is 15.7. The Kier molecular flexibility index (Phi) is 5.44. The average molecular weight is 357 g/mol. The van der Waals surface area contributed by atoms with Crippen LogP contribution < -0.4 is 5.32 Å². The number of nitrogens with one attached hydrogen (secondary N) is 1. The molecule has 2 aliphatic heterocycles. The number of imide groups is 1. The summed E-state index contributed by atoms with van der Waals surface area (Å²) in [5.41, 5.74) is 1.28. The zero-order chi connectivity index (χ0) is 18.7. The molecule has 3 rings (SSSR count). The first-order chi connectivity index (χ1) is 12.6. The molecule has 0 bridgehead atoms. The number of urea groups is 1. The molecule has 7 nitrogen and oxygen atoms in total. The van der Waals surface area contributed by atoms with Gasteiger partial charge in [-0.2, -0.15) is 0 Å². The third-order valence-electron chi connectivity index (χ3n) is 5.09. The van der Waals surface area contributed by atoms with Crippen molar-refractivity contribution < 1.29 is 9.59 Å². The van der Waals surface area contributed by atoms with Gasteiger partial charge in [0, 0.05) is 26.7 Å². The lowest BCUT2D eigenvalue weighted by Crippen LogP contribution is -2.64. The van der Waals surface area contributed by atoms with Crippen molar-refractivity contribution in [3.63, 3.8) is 0 Å². The number of likely N-dealkylation sites (N-methyl/N-ethyl adjacent to an activating group) is 1. The van der Waals surface area contributed by atoms with Gasteiger partial charge in [-0.15, -0.1) is 0 Å². The monoisotopic (exact) mass is 357 g/mol. The van der Waals surface area contributed by atoms with Crippen molar-refractivity contribution in [3.05, 3.63) is 35.9 Å². The number of carbonyl (C=O) groups is 2. The molecule has 1 aromatic rings. The largest absolute Gasteiger partial charge is 0.343 e. The van der Waals surface area contributed by atoms with Crippen LogP contribution in [-0.2, 0) is 11.2 Å². The first-order valence-electron chi connectivity index (χ1n) is 9.27. The summed E-state index contributed by atoms with van der Waals surface area (Å²) in [5.74, 6) is 0.554. The summed E-state index contributed by atoms with van der Waals surface area (Å²) in [4.78, 5) is 35.0. The zero-order valence-electron chi connectivity index (χ0n) is 15.7. The summed E-state index contributed by atoms with van der Waals surface area (Å²) in [6.45, 7) is 6.49. The molecule has 3 amide bonds. The lowest BCUT2D eigenvalue weighted by atomic mass is 10.1. The van der Waals surface area contributed by atoms with Crippen LogP contribution in [0, 0.1) is 0 Å². The van der Waals surface area contributed by atoms with Gasteiger partial charge in [0.05, 0.1) is 0 Å². The van der Waals surface area contributed by atoms with E-state index in [-0.39, 0.29) is 11.9 Å². The number of hydrogen-bond acceptors (Lipinski definition) is 5. The Morgan fingerprint density at radius 3 is 2.50 bits per heavy atom. The fourth-order valence-electron chi connectivity index (χ4n) is 3.62. The molecule has 1 saturated heterocycles. The van der Waals surface area contributed by atoms with E-state index in [0.717, 1.165) is 38.4 Å². The molecule has 1 aromatic carbocycles. The van der Waals surface area contributed by atoms with Crippen molar-refractivity contribution in [2.45, 2.75) is 38.9 Å². The van der Waals surface area contributed by atoms with Crippen LogP contribution in [0.25, 0.3) is 0 Å². The molecule has 140 valence electrons. The maximum atomic E-state index is 12.5. The second-order valence-electron chi connectivity index (χ2n) is 6.65. The summed E-state index contributed by atoms with van der Waals surface area (Å²) in [5, 5.41) is 2.45. The minimum Gasteiger partial charge on any atom is -0.343 e. The molecule has 0 spiro atoms. The molecule has 0 saturated carbocycles. The van der Waals surface area contributed by atoms with E-state index >= 15 is 0 Å². The molecule has 2 atom stereocenters. The number of aryl methyl sites for hydroxylation is 1. The van der Waals surface area contributed by atoms with Crippen LogP contribution in [0.3, 0.4) is 0 Å². The third-order valence-corrected chi connectivity index (χ3v) is 5.09. The first kappa shape index (κ1) is 18.2. The molecule has 26 heavy (non-hydrogen) atoms. The maximum absolute atomic E-state index is 12.5. The third kappa shape index (κ3) is 3.38. The predicted molar refractivity (Wildman–Crippen MR) is 101 cm³/mol. The Morgan fingerprint density at radius 2 is 1.85 bits per heavy atom. The summed E-state index contributed by atoms with van der Waals surface area (Å²) >= 11 is 0. The van der Waals surface area contributed by atoms with E-state index in [9.17, 15) is 9.59 Å². The van der Waals surface area contributed by atoms with Crippen molar-refractivity contribution in [1.29, 1.82) is 0 Å². The van der Waals surface area contributed by atoms with Crippen LogP contribution in [0.5, 0.6) is 0 Å². The molecule has 0 radical (unpaired) electrons. The molecule has 7 heteroatoms. The lowest BCUT2D eigenvalue weighted by molar-refractivity contribution is -0.127. The standard InChI is InChI=1S/C19H27N5O2/c1-4-23(5-2)18-20-16-15(17(25)21-19(26)22(16)3)24(18)13-9-12-14-10-7-6-8-11-14/h6-8,10-11,15-16H,4-5,9,12-13H2,1-3H3,(H,21,25,26). The topological polar surface area (TPSA) is 68.2 Å². The van der Waals surface area contributed by atoms with E-state index in [4.69, 9.17) is 4.99 Å². The lowest BCUT2D eigenvalue weighted by Gasteiger charge is -2.37. The number of rotatable bonds is 6. The van der Waals surface area contributed by atoms with Gasteiger partial charge in [0.15, 0.2) is 18.2 Å². The molecule has 1 N–H and O–H groups in total. The summed E-state index contributed by atoms with van der Waals surface area (Å²) in [7, 11) is 1.69. The van der Waals surface area contributed by atoms with Gasteiger partial charge in [0.1, 0.15) is 0 Å². The Labute approximate surface area is 154 Å². The van der Waals surface area contributed by atoms with E-state index in [1.54, 1.807) is 7.05 Å². The first-order valence-corrected chi connectivity index (χ1v) is 9.27. The number of aliphatic imine (C=N–C) groups is 1. The number of benzene rings is 1. The van der Waals surface area contributed by atoms with Gasteiger partial charge in [-0.05, 0) is 32.3 Å². The van der Waals surface area contributed by atoms with Crippen LogP contribution in [0.4, 0.5) is 4.79 Å². The molecular weight excluding hydrogens is 330 g/mol. The smallest absolute Gasteiger partial charge is 0.325 e. The second kappa shape index (κ2) is 7.76. The van der Waals surface area contributed by atoms with E-state index in [1.807, 2.05) is 18.2 Å². The minimum absolute atomic E-state index is 0.260. The highest BCUT2D eigenvalue weighted by atomic mass is 16.2. The number of amides is 3. The Hall–Kier alpha value is -2.57. The quantitative estimate of drug-likeness (QED) is 0.838. The number of fused-ring (bicyclic) bond motifs is 1. The van der Waals surface area contributed by atoms with E-state index in [0.29, 0.717) is 0 Å². The fraction of sp³-hybridized carbons (Fsp3) is 0.526. The predicted octanol–water partition coefficient (Wildman–Crippen LogP) is 1.51. The van der Waals surface area contributed by atoms with Gasteiger partial charge in [-0.25, -0.2) is 9.79 Å². The van der Waals surface area contributed by atoms with Gasteiger partial charge in [-0.3, -0.25) is 10.1 Å². The number of carbonyl (C=O) groups excluding carboxylic acids is 2. The van der Waals surface area contributed by atoms with Gasteiger partial charge in [-0.1, -0.05) is 30.3 Å². The van der Waals surface area contributed by atoms with Gasteiger partial charge in [0.2, 0.25) is 0 Å². The average Bonchev–Trinajstić information content (AvgIpc) is 3.02. The number of hydrogen-bond donors (Lipinski definition) is 1. The molecule has 0 aliphatic carbocycles. The van der Waals surface area contributed by atoms with E-state index in [1.165, 1.54) is 10.5 Å². The van der Waals surface area contributed by atoms with Crippen molar-refractivity contribution in [2.75, 3.05) is 26.7 Å². The van der Waals surface area contributed by atoms with Crippen molar-refractivity contribution in [1.82, 2.24) is 20.0 Å². The highest BCUT2D eigenvalue weighted by Crippen LogP contribution is 2.25. The molecule has 2 aliphatic rings. The molecule has 1 fully saturated rings. The van der Waals surface area contributed by atoms with Gasteiger partial charge < -0.3 is 14.7 Å². The second-order valence-corrected chi connectivity index (χ2v) is 6.65. The Bertz CT molecular complexity index is 686. The fourth-order valence-corrected chi connectivity index (χ4v) is 3.62. The Balaban J connectivity index is 1.78. The van der Waals surface area contributed by atoms with Crippen LogP contribution in [0.1, 0.15) is 25.8 Å². The maximum Gasteiger partial charge on any atom is 0.325 e. The van der Waals surface area contributed by atoms with Crippen molar-refractivity contribution >= 4 is 17.9 Å². The van der Waals surface area contributed by atoms with Crippen LogP contribution >= 0.6 is 0 Å². The molecular formula is C19H27N5O2. The van der Waals surface area contributed by atoms with Gasteiger partial charge in [0.25, 0.3) is 5.91 Å². The van der Waals surface area contributed by atoms with Crippen LogP contribution in [0.15, 0.2) is 35.3 Å². The summed E-state index contributed by atoms with van der Waals surface area (Å²) in [6, 6.07) is 9.49. The SMILES string of the molecule is CCN(CC)C1=NC2C(C(=O)NC(=O)N2C)N1CCCc1ccccc1. The highest BCUT2D eigenvalue weighted by molar-refractivity contribution is 6.03. The van der Waals surface area contributed by atoms with E-state index < -0.39 is 12.2 Å². The van der Waals surface area contributed by atoms with Crippen molar-refractivity contribution in [2.24, 2.45) is 4.99 Å². The normalized spacial score (nSPS) is 22.2. The Morgan fingerprint density at radius 1 is 1.15 bits per heavy atom. The number of nitrogens with zero attached hydrogens (tertiary/aromatic N) is 4. The van der Waals surface area contributed by atoms with Crippen molar-refractivity contribution in [3.8, 4) is 0 Å². The molecule has 0 aromatic heterocycles. The molecule has 2 heterocycles. The van der Waals surface area contributed by atoms with E-state index in [2.05, 4.69) is 41.1 Å². The van der Waals surface area contributed by atoms with Crippen LogP contribution in [0.2, 0.25) is 0 Å². The summed E-state index contributed by atoms with van der Waals surface area (Å²) in [6.07, 6.45) is 1.40. The summed E-state index contributed by atoms with van der Waals surface area (Å²) < 4.78 is 0. The van der Waals surface area contributed by atoms with Gasteiger partial charge >= 0.3 is 6.03 Å². The number of guanidine groups is 1.